The Morgan fingerprint density at radius 3 is 0.646 bits per heavy atom. The third kappa shape index (κ3) is 9.38. The van der Waals surface area contributed by atoms with Crippen LogP contribution >= 0.6 is 0 Å². The molecule has 390 valence electrons. The molecule has 0 saturated carbocycles. The Morgan fingerprint density at radius 1 is 0.183 bits per heavy atom. The third-order valence-electron chi connectivity index (χ3n) is 17.7. The Bertz CT molecular complexity index is 3920. The summed E-state index contributed by atoms with van der Waals surface area (Å²) in [6, 6.07) is 110. The summed E-state index contributed by atoms with van der Waals surface area (Å²) in [6.07, 6.45) is 14.8. The van der Waals surface area contributed by atoms with E-state index in [2.05, 4.69) is 334 Å². The average Bonchev–Trinajstić information content (AvgIpc) is 3.75. The Balaban J connectivity index is 0.000000140. The first-order valence-electron chi connectivity index (χ1n) is 29.2. The van der Waals surface area contributed by atoms with Gasteiger partial charge in [0.15, 0.2) is 0 Å². The monoisotopic (exact) mass is 1050 g/mol. The van der Waals surface area contributed by atoms with E-state index in [0.717, 1.165) is 0 Å². The van der Waals surface area contributed by atoms with E-state index in [4.69, 9.17) is 0 Å². The van der Waals surface area contributed by atoms with E-state index in [9.17, 15) is 0 Å². The third-order valence-corrected chi connectivity index (χ3v) is 17.7. The topological polar surface area (TPSA) is 15.5 Å². The molecule has 6 heterocycles. The summed E-state index contributed by atoms with van der Waals surface area (Å²) in [6.45, 7) is 0. The van der Waals surface area contributed by atoms with E-state index in [1.165, 1.54) is 88.2 Å². The van der Waals surface area contributed by atoms with Crippen LogP contribution in [0, 0.1) is 0 Å². The minimum Gasteiger partial charge on any atom is -0.428 e. The zero-order chi connectivity index (χ0) is 55.0. The summed E-state index contributed by atoms with van der Waals surface area (Å²) in [7, 11) is -1.15. The molecule has 0 radical (unpaired) electrons. The molecule has 15 rings (SSSR count). The highest BCUT2D eigenvalue weighted by Gasteiger charge is 2.51. The highest BCUT2D eigenvalue weighted by atomic mass is 14.9. The maximum atomic E-state index is 2.47. The smallest absolute Gasteiger partial charge is 0.361 e. The summed E-state index contributed by atoms with van der Waals surface area (Å²) in [5.74, 6) is 0. The van der Waals surface area contributed by atoms with Crippen molar-refractivity contribution in [2.75, 3.05) is 0 Å². The first-order valence-corrected chi connectivity index (χ1v) is 29.2. The van der Waals surface area contributed by atoms with Crippen LogP contribution in [0.4, 0.5) is 0 Å². The number of benzene rings is 9. The van der Waals surface area contributed by atoms with E-state index in [0.29, 0.717) is 0 Å². The fourth-order valence-corrected chi connectivity index (χ4v) is 14.3. The van der Waals surface area contributed by atoms with Gasteiger partial charge in [0, 0.05) is 0 Å². The Hall–Kier alpha value is -10.2. The van der Waals surface area contributed by atoms with Gasteiger partial charge < -0.3 is 17.9 Å². The Morgan fingerprint density at radius 2 is 0.378 bits per heavy atom. The van der Waals surface area contributed by atoms with Crippen LogP contribution in [-0.4, -0.2) is 27.4 Å². The summed E-state index contributed by atoms with van der Waals surface area (Å²) in [4.78, 5) is 0. The van der Waals surface area contributed by atoms with Crippen molar-refractivity contribution >= 4 is 71.1 Å². The lowest BCUT2D eigenvalue weighted by atomic mass is 9.25. The van der Waals surface area contributed by atoms with Gasteiger partial charge in [-0.1, -0.05) is 266 Å². The molecule has 0 amide bonds. The second kappa shape index (κ2) is 23.3. The van der Waals surface area contributed by atoms with Crippen molar-refractivity contribution < 1.29 is 17.9 Å². The number of hydrogen-bond acceptors (Lipinski definition) is 0. The lowest BCUT2D eigenvalue weighted by Gasteiger charge is -2.36. The lowest BCUT2D eigenvalue weighted by Crippen LogP contribution is -2.83. The van der Waals surface area contributed by atoms with Crippen LogP contribution in [0.1, 0.15) is 0 Å². The number of aromatic nitrogens is 4. The van der Waals surface area contributed by atoms with Crippen molar-refractivity contribution in [3.8, 4) is 44.5 Å². The molecule has 4 nitrogen and oxygen atoms in total. The van der Waals surface area contributed by atoms with Gasteiger partial charge in [0.25, 0.3) is 14.8 Å². The maximum absolute atomic E-state index is 2.47. The zero-order valence-corrected chi connectivity index (χ0v) is 46.4. The van der Waals surface area contributed by atoms with Gasteiger partial charge in [-0.2, -0.15) is 0 Å². The van der Waals surface area contributed by atoms with Crippen LogP contribution in [-0.2, 0) is 0 Å². The summed E-state index contributed by atoms with van der Waals surface area (Å²) < 4.78 is 9.67. The van der Waals surface area contributed by atoms with E-state index in [1.807, 2.05) is 36.4 Å². The molecule has 0 saturated heterocycles. The normalized spacial score (nSPS) is 12.7. The van der Waals surface area contributed by atoms with Crippen LogP contribution in [0.2, 0.25) is 0 Å². The van der Waals surface area contributed by atoms with E-state index in [-0.39, 0.29) is 0 Å². The molecular formula is C74H62B4N4. The predicted molar refractivity (Wildman–Crippen MR) is 348 cm³/mol. The van der Waals surface area contributed by atoms with Gasteiger partial charge in [-0.3, -0.25) is 0 Å². The van der Waals surface area contributed by atoms with Crippen molar-refractivity contribution in [1.82, 2.24) is 0 Å². The van der Waals surface area contributed by atoms with Crippen LogP contribution in [0.25, 0.3) is 44.5 Å². The highest BCUT2D eigenvalue weighted by molar-refractivity contribution is 7.10. The number of nitrogens with zero attached hydrogens (tertiary/aromatic N) is 4. The zero-order valence-electron chi connectivity index (χ0n) is 46.4. The van der Waals surface area contributed by atoms with Crippen molar-refractivity contribution in [3.63, 3.8) is 0 Å². The molecular weight excluding hydrogens is 988 g/mol. The van der Waals surface area contributed by atoms with Gasteiger partial charge in [0.2, 0.25) is 0 Å². The van der Waals surface area contributed by atoms with Gasteiger partial charge >= 0.3 is 12.6 Å². The average molecular weight is 1050 g/mol. The number of pyridine rings is 4. The number of hydrogen-bond donors (Lipinski definition) is 0. The second-order valence-electron chi connectivity index (χ2n) is 22.1. The summed E-state index contributed by atoms with van der Waals surface area (Å²) in [5, 5.41) is 0. The molecule has 8 heteroatoms. The van der Waals surface area contributed by atoms with Crippen molar-refractivity contribution in [1.29, 1.82) is 0 Å². The highest BCUT2D eigenvalue weighted by Crippen LogP contribution is 2.31. The molecule has 4 aromatic heterocycles. The minimum absolute atomic E-state index is 0.573. The van der Waals surface area contributed by atoms with Crippen molar-refractivity contribution in [2.24, 2.45) is 0 Å². The molecule has 0 aliphatic carbocycles. The van der Waals surface area contributed by atoms with Crippen molar-refractivity contribution in [2.45, 2.75) is 0 Å². The molecule has 0 N–H and O–H groups in total. The standard InChI is InChI=1S/2C34H28B2N2.C6H6/c2*1-11-23-37(24-12-1)35-31-19-7-3-15-27(31)28-16-4-8-20-32(28)36(38-25-13-2-14-26-38)33-21-9-5-17-29(33)30-18-6-10-22-34(30)36;1-2-4-6-5-3-1/h2*1-26H,35H2;1-6H. The van der Waals surface area contributed by atoms with Crippen molar-refractivity contribution in [3.05, 3.63) is 353 Å². The van der Waals surface area contributed by atoms with Gasteiger partial charge in [-0.15, -0.1) is 43.7 Å². The molecule has 9 aromatic carbocycles. The summed E-state index contributed by atoms with van der Waals surface area (Å²) in [5.41, 5.74) is 21.7. The molecule has 0 atom stereocenters. The van der Waals surface area contributed by atoms with Crippen LogP contribution in [0.15, 0.2) is 353 Å². The molecule has 2 aliphatic rings. The Kier molecular flexibility index (Phi) is 14.6. The molecule has 0 bridgehead atoms. The Labute approximate surface area is 483 Å². The van der Waals surface area contributed by atoms with Gasteiger partial charge in [-0.05, 0) is 81.9 Å². The predicted octanol–water partition coefficient (Wildman–Crippen LogP) is 7.05. The van der Waals surface area contributed by atoms with Gasteiger partial charge in [-0.25, -0.2) is 0 Å². The lowest BCUT2D eigenvalue weighted by molar-refractivity contribution is -0.539. The fourth-order valence-electron chi connectivity index (χ4n) is 14.3. The van der Waals surface area contributed by atoms with Gasteiger partial charge in [0.1, 0.15) is 49.6 Å². The minimum atomic E-state index is -1.46. The molecule has 0 unspecified atom stereocenters. The number of rotatable bonds is 10. The van der Waals surface area contributed by atoms with E-state index >= 15 is 0 Å². The molecule has 0 spiro atoms. The molecule has 0 fully saturated rings. The van der Waals surface area contributed by atoms with Crippen LogP contribution in [0.5, 0.6) is 0 Å². The van der Waals surface area contributed by atoms with Crippen LogP contribution < -0.4 is 61.6 Å². The maximum Gasteiger partial charge on any atom is 0.361 e. The second-order valence-corrected chi connectivity index (χ2v) is 22.1. The molecule has 2 aliphatic heterocycles. The fraction of sp³-hybridized carbons (Fsp3) is 0. The molecule has 82 heavy (non-hydrogen) atoms. The van der Waals surface area contributed by atoms with Gasteiger partial charge in [0.05, 0.1) is 0 Å². The SMILES string of the molecule is [BH2-](c1ccccc1-c1ccccc1[B-]1([n+]2ccccc2)c2ccccc2-c2ccccc21)[n+]1ccccc1.[BH2-](c1ccccc1-c1ccccc1[B-]1([n+]2ccccc2)c2ccccc2-c2ccccc21)[n+]1ccccc1.c1ccccc1. The first-order chi connectivity index (χ1) is 40.7. The summed E-state index contributed by atoms with van der Waals surface area (Å²) >= 11 is 0. The van der Waals surface area contributed by atoms with E-state index < -0.39 is 27.4 Å². The quantitative estimate of drug-likeness (QED) is 0.131. The first kappa shape index (κ1) is 51.3. The number of fused-ring (bicyclic) bond motifs is 6. The largest absolute Gasteiger partial charge is 0.428 e. The molecule has 13 aromatic rings. The van der Waals surface area contributed by atoms with Crippen LogP contribution in [0.3, 0.4) is 0 Å². The van der Waals surface area contributed by atoms with E-state index in [1.54, 1.807) is 0 Å².